The van der Waals surface area contributed by atoms with Crippen LogP contribution in [0.25, 0.3) is 0 Å². The molecule has 198 valence electrons. The van der Waals surface area contributed by atoms with Crippen LogP contribution in [0.1, 0.15) is 18.9 Å². The van der Waals surface area contributed by atoms with Crippen LogP contribution in [0.15, 0.2) is 47.9 Å². The fraction of sp³-hybridized carbons (Fsp3) is 0.423. The van der Waals surface area contributed by atoms with Gasteiger partial charge in [0.05, 0.1) is 36.2 Å². The maximum atomic E-state index is 13.5. The maximum Gasteiger partial charge on any atom is 0.263 e. The van der Waals surface area contributed by atoms with E-state index in [0.717, 1.165) is 18.7 Å². The monoisotopic (exact) mass is 545 g/mol. The summed E-state index contributed by atoms with van der Waals surface area (Å²) in [6.45, 7) is 5.21. The van der Waals surface area contributed by atoms with E-state index in [2.05, 4.69) is 22.2 Å². The van der Waals surface area contributed by atoms with E-state index >= 15 is 0 Å². The summed E-state index contributed by atoms with van der Waals surface area (Å²) in [5.41, 5.74) is 8.44. The Morgan fingerprint density at radius 1 is 1.38 bits per heavy atom. The Bertz CT molecular complexity index is 1190. The molecular formula is C26H32ClN5O4S. The molecule has 3 N–H and O–H groups in total. The Hall–Kier alpha value is -2.92. The molecule has 1 fully saturated rings. The van der Waals surface area contributed by atoms with Gasteiger partial charge in [0.25, 0.3) is 5.91 Å². The summed E-state index contributed by atoms with van der Waals surface area (Å²) in [6.07, 6.45) is 3.74. The largest absolute Gasteiger partial charge is 0.493 e. The van der Waals surface area contributed by atoms with Gasteiger partial charge < -0.3 is 35.1 Å². The number of rotatable bonds is 9. The molecule has 1 amide bonds. The van der Waals surface area contributed by atoms with Gasteiger partial charge in [-0.25, -0.2) is 0 Å². The minimum absolute atomic E-state index is 0.0246. The topological polar surface area (TPSA) is 102 Å². The lowest BCUT2D eigenvalue weighted by Gasteiger charge is -2.34. The van der Waals surface area contributed by atoms with Gasteiger partial charge in [0.2, 0.25) is 0 Å². The molecule has 0 spiro atoms. The highest BCUT2D eigenvalue weighted by atomic mass is 35.5. The van der Waals surface area contributed by atoms with Crippen LogP contribution in [0.5, 0.6) is 11.5 Å². The summed E-state index contributed by atoms with van der Waals surface area (Å²) in [4.78, 5) is 21.6. The maximum absolute atomic E-state index is 13.5. The first-order chi connectivity index (χ1) is 17.8. The number of hydrogen-bond acceptors (Lipinski definition) is 8. The summed E-state index contributed by atoms with van der Waals surface area (Å²) in [5.74, 6) is 0.779. The van der Waals surface area contributed by atoms with Crippen molar-refractivity contribution in [3.63, 3.8) is 0 Å². The van der Waals surface area contributed by atoms with Crippen molar-refractivity contribution in [1.29, 1.82) is 0 Å². The summed E-state index contributed by atoms with van der Waals surface area (Å²) in [7, 11) is 3.59. The molecule has 2 aliphatic heterocycles. The molecule has 2 atom stereocenters. The minimum atomic E-state index is -0.305. The highest BCUT2D eigenvalue weighted by Crippen LogP contribution is 2.37. The summed E-state index contributed by atoms with van der Waals surface area (Å²) in [5, 5.41) is 3.79. The van der Waals surface area contributed by atoms with Gasteiger partial charge in [0.15, 0.2) is 5.75 Å². The van der Waals surface area contributed by atoms with Crippen LogP contribution in [-0.4, -0.2) is 73.4 Å². The molecule has 0 bridgehead atoms. The molecule has 37 heavy (non-hydrogen) atoms. The predicted octanol–water partition coefficient (Wildman–Crippen LogP) is 2.91. The third kappa shape index (κ3) is 6.15. The number of pyridine rings is 1. The van der Waals surface area contributed by atoms with Crippen molar-refractivity contribution in [2.45, 2.75) is 32.1 Å². The summed E-state index contributed by atoms with van der Waals surface area (Å²) >= 11 is 11.6. The lowest BCUT2D eigenvalue weighted by Crippen LogP contribution is -2.46. The number of halogens is 1. The second kappa shape index (κ2) is 12.1. The first kappa shape index (κ1) is 27.1. The molecule has 1 aromatic carbocycles. The number of aromatic nitrogens is 1. The molecule has 2 aliphatic rings. The zero-order valence-electron chi connectivity index (χ0n) is 21.2. The van der Waals surface area contributed by atoms with E-state index in [-0.39, 0.29) is 28.7 Å². The van der Waals surface area contributed by atoms with Crippen molar-refractivity contribution in [2.24, 2.45) is 5.73 Å². The van der Waals surface area contributed by atoms with E-state index in [0.29, 0.717) is 54.0 Å². The number of nitrogens with two attached hydrogens (primary N) is 1. The van der Waals surface area contributed by atoms with Crippen molar-refractivity contribution in [2.75, 3.05) is 45.3 Å². The van der Waals surface area contributed by atoms with Gasteiger partial charge >= 0.3 is 0 Å². The average molecular weight is 546 g/mol. The Morgan fingerprint density at radius 2 is 2.19 bits per heavy atom. The molecule has 0 saturated carbocycles. The van der Waals surface area contributed by atoms with Crippen molar-refractivity contribution >= 4 is 40.4 Å². The molecule has 11 heteroatoms. The second-order valence-corrected chi connectivity index (χ2v) is 9.90. The number of benzene rings is 1. The van der Waals surface area contributed by atoms with Crippen molar-refractivity contribution in [1.82, 2.24) is 15.2 Å². The number of methoxy groups -OCH3 is 1. The smallest absolute Gasteiger partial charge is 0.263 e. The van der Waals surface area contributed by atoms with Gasteiger partial charge in [-0.3, -0.25) is 9.78 Å². The molecule has 1 aromatic heterocycles. The highest BCUT2D eigenvalue weighted by Gasteiger charge is 2.32. The Labute approximate surface area is 227 Å². The predicted molar refractivity (Wildman–Crippen MR) is 147 cm³/mol. The molecule has 2 aromatic rings. The fourth-order valence-corrected chi connectivity index (χ4v) is 4.98. The third-order valence-electron chi connectivity index (χ3n) is 6.53. The normalized spacial score (nSPS) is 19.5. The van der Waals surface area contributed by atoms with Gasteiger partial charge in [-0.2, -0.15) is 0 Å². The van der Waals surface area contributed by atoms with E-state index in [1.807, 2.05) is 13.0 Å². The number of likely N-dealkylation sites (N-methyl/N-ethyl adjacent to an activating group) is 1. The number of hydrogen-bond donors (Lipinski definition) is 2. The van der Waals surface area contributed by atoms with Crippen LogP contribution >= 0.6 is 23.8 Å². The minimum Gasteiger partial charge on any atom is -0.493 e. The van der Waals surface area contributed by atoms with Crippen LogP contribution in [0.4, 0.5) is 5.69 Å². The number of ether oxygens (including phenoxy) is 3. The van der Waals surface area contributed by atoms with E-state index < -0.39 is 0 Å². The zero-order chi connectivity index (χ0) is 26.5. The molecule has 3 heterocycles. The molecule has 4 rings (SSSR count). The van der Waals surface area contributed by atoms with Gasteiger partial charge in [0.1, 0.15) is 22.9 Å². The zero-order valence-corrected chi connectivity index (χ0v) is 22.8. The number of morpholine rings is 1. The van der Waals surface area contributed by atoms with E-state index in [1.165, 1.54) is 7.11 Å². The number of carbonyl (C=O) groups is 1. The average Bonchev–Trinajstić information content (AvgIpc) is 2.88. The van der Waals surface area contributed by atoms with Gasteiger partial charge in [0, 0.05) is 50.1 Å². The number of amides is 1. The Kier molecular flexibility index (Phi) is 8.86. The molecule has 2 unspecified atom stereocenters. The Balaban J connectivity index is 1.51. The van der Waals surface area contributed by atoms with Crippen LogP contribution in [0, 0.1) is 0 Å². The van der Waals surface area contributed by atoms with E-state index in [4.69, 9.17) is 43.8 Å². The second-order valence-electron chi connectivity index (χ2n) is 9.05. The van der Waals surface area contributed by atoms with Crippen LogP contribution in [0.3, 0.4) is 0 Å². The first-order valence-corrected chi connectivity index (χ1v) is 12.9. The van der Waals surface area contributed by atoms with Crippen LogP contribution < -0.4 is 25.4 Å². The molecular weight excluding hydrogens is 514 g/mol. The molecule has 1 saturated heterocycles. The highest BCUT2D eigenvalue weighted by molar-refractivity contribution is 7.80. The molecule has 0 aliphatic carbocycles. The SMILES string of the molecule is COc1c(Cl)cccc1N1CCC(NCc2ccncc2OC(C)C2CN(C)CCO2)=C(C(N)=S)C1=O. The van der Waals surface area contributed by atoms with E-state index in [1.54, 1.807) is 35.5 Å². The van der Waals surface area contributed by atoms with Crippen molar-refractivity contribution in [3.05, 3.63) is 58.5 Å². The third-order valence-corrected chi connectivity index (χ3v) is 7.03. The first-order valence-electron chi connectivity index (χ1n) is 12.1. The fourth-order valence-electron chi connectivity index (χ4n) is 4.52. The number of para-hydroxylation sites is 1. The summed E-state index contributed by atoms with van der Waals surface area (Å²) in [6, 6.07) is 7.16. The lowest BCUT2D eigenvalue weighted by atomic mass is 10.0. The van der Waals surface area contributed by atoms with Crippen LogP contribution in [-0.2, 0) is 16.1 Å². The van der Waals surface area contributed by atoms with Gasteiger partial charge in [-0.05, 0) is 32.2 Å². The van der Waals surface area contributed by atoms with Crippen molar-refractivity contribution in [3.8, 4) is 11.5 Å². The summed E-state index contributed by atoms with van der Waals surface area (Å²) < 4.78 is 17.6. The quantitative estimate of drug-likeness (QED) is 0.460. The van der Waals surface area contributed by atoms with Gasteiger partial charge in [-0.1, -0.05) is 29.9 Å². The van der Waals surface area contributed by atoms with E-state index in [9.17, 15) is 4.79 Å². The molecule has 9 nitrogen and oxygen atoms in total. The number of carbonyl (C=O) groups excluding carboxylic acids is 1. The lowest BCUT2D eigenvalue weighted by molar-refractivity contribution is -0.115. The molecule has 0 radical (unpaired) electrons. The number of nitrogens with zero attached hydrogens (tertiary/aromatic N) is 3. The number of nitrogens with one attached hydrogen (secondary N) is 1. The standard InChI is InChI=1S/C26H32ClN5O4S/c1-16(22-15-31(2)11-12-35-22)36-21-14-29-9-7-17(21)13-30-19-8-10-32(26(33)23(19)25(28)37)20-6-4-5-18(27)24(20)34-3/h4-7,9,14,16,22,30H,8,10-13,15H2,1-3H3,(H2,28,37). The van der Waals surface area contributed by atoms with Crippen LogP contribution in [0.2, 0.25) is 5.02 Å². The van der Waals surface area contributed by atoms with Crippen molar-refractivity contribution < 1.29 is 19.0 Å². The number of anilines is 1. The van der Waals surface area contributed by atoms with Gasteiger partial charge in [-0.15, -0.1) is 0 Å². The Morgan fingerprint density at radius 3 is 2.92 bits per heavy atom. The number of thiocarbonyl (C=S) groups is 1.